The van der Waals surface area contributed by atoms with Crippen LogP contribution in [0.5, 0.6) is 0 Å². The van der Waals surface area contributed by atoms with Gasteiger partial charge in [-0.15, -0.1) is 0 Å². The Morgan fingerprint density at radius 1 is 1.30 bits per heavy atom. The third-order valence-corrected chi connectivity index (χ3v) is 3.24. The summed E-state index contributed by atoms with van der Waals surface area (Å²) >= 11 is 11.5. The molecule has 110 valence electrons. The Morgan fingerprint density at radius 2 is 1.95 bits per heavy atom. The van der Waals surface area contributed by atoms with E-state index in [9.17, 15) is 14.0 Å². The molecular weight excluding hydrogens is 306 g/mol. The second kappa shape index (κ2) is 7.45. The van der Waals surface area contributed by atoms with Crippen LogP contribution in [0, 0.1) is 5.82 Å². The van der Waals surface area contributed by atoms with E-state index in [0.717, 1.165) is 6.07 Å². The second-order valence-electron chi connectivity index (χ2n) is 4.15. The number of nitrogens with zero attached hydrogens (tertiary/aromatic N) is 1. The fraction of sp³-hybridized carbons (Fsp3) is 0.385. The highest BCUT2D eigenvalue weighted by Crippen LogP contribution is 2.25. The summed E-state index contributed by atoms with van der Waals surface area (Å²) in [4.78, 5) is 25.0. The smallest absolute Gasteiger partial charge is 0.255 e. The van der Waals surface area contributed by atoms with E-state index < -0.39 is 11.7 Å². The lowest BCUT2D eigenvalue weighted by Crippen LogP contribution is -2.40. The Hall–Kier alpha value is -1.33. The van der Waals surface area contributed by atoms with Gasteiger partial charge < -0.3 is 10.2 Å². The van der Waals surface area contributed by atoms with Crippen molar-refractivity contribution < 1.29 is 14.0 Å². The first-order valence-electron chi connectivity index (χ1n) is 6.05. The molecule has 4 nitrogen and oxygen atoms in total. The van der Waals surface area contributed by atoms with Crippen LogP contribution >= 0.6 is 23.2 Å². The molecule has 0 saturated carbocycles. The van der Waals surface area contributed by atoms with E-state index in [2.05, 4.69) is 5.32 Å². The van der Waals surface area contributed by atoms with Gasteiger partial charge in [0.25, 0.3) is 5.91 Å². The molecule has 0 heterocycles. The first-order chi connectivity index (χ1) is 9.40. The van der Waals surface area contributed by atoms with E-state index in [4.69, 9.17) is 23.2 Å². The Morgan fingerprint density at radius 3 is 2.50 bits per heavy atom. The van der Waals surface area contributed by atoms with E-state index in [1.54, 1.807) is 0 Å². The van der Waals surface area contributed by atoms with Gasteiger partial charge in [0, 0.05) is 13.6 Å². The summed E-state index contributed by atoms with van der Waals surface area (Å²) in [6.45, 7) is 2.13. The fourth-order valence-corrected chi connectivity index (χ4v) is 2.10. The van der Waals surface area contributed by atoms with Gasteiger partial charge in [0.05, 0.1) is 22.2 Å². The third kappa shape index (κ3) is 4.08. The van der Waals surface area contributed by atoms with Crippen LogP contribution in [0.3, 0.4) is 0 Å². The first-order valence-corrected chi connectivity index (χ1v) is 6.80. The maximum absolute atomic E-state index is 13.5. The summed E-state index contributed by atoms with van der Waals surface area (Å²) in [5, 5.41) is 2.34. The minimum absolute atomic E-state index is 0.00841. The van der Waals surface area contributed by atoms with Crippen LogP contribution in [0.1, 0.15) is 23.7 Å². The molecule has 0 atom stereocenters. The zero-order valence-corrected chi connectivity index (χ0v) is 12.7. The Kier molecular flexibility index (Phi) is 6.23. The molecule has 7 heteroatoms. The monoisotopic (exact) mass is 320 g/mol. The summed E-state index contributed by atoms with van der Waals surface area (Å²) < 4.78 is 13.5. The average molecular weight is 321 g/mol. The van der Waals surface area contributed by atoms with Gasteiger partial charge in [-0.2, -0.15) is 0 Å². The highest BCUT2D eigenvalue weighted by atomic mass is 35.5. The number of nitrogens with one attached hydrogen (secondary N) is 1. The summed E-state index contributed by atoms with van der Waals surface area (Å²) in [5.74, 6) is -1.54. The summed E-state index contributed by atoms with van der Waals surface area (Å²) in [7, 11) is 1.48. The van der Waals surface area contributed by atoms with Crippen molar-refractivity contribution in [3.63, 3.8) is 0 Å². The van der Waals surface area contributed by atoms with Gasteiger partial charge in [-0.25, -0.2) is 4.39 Å². The molecule has 0 unspecified atom stereocenters. The lowest BCUT2D eigenvalue weighted by Gasteiger charge is -2.21. The normalized spacial score (nSPS) is 10.2. The van der Waals surface area contributed by atoms with Gasteiger partial charge in [-0.1, -0.05) is 30.1 Å². The quantitative estimate of drug-likeness (QED) is 0.848. The number of likely N-dealkylation sites (N-methyl/N-ethyl adjacent to an activating group) is 1. The van der Waals surface area contributed by atoms with Crippen molar-refractivity contribution in [1.82, 2.24) is 10.2 Å². The van der Waals surface area contributed by atoms with Gasteiger partial charge in [-0.3, -0.25) is 9.59 Å². The lowest BCUT2D eigenvalue weighted by atomic mass is 10.2. The number of amides is 2. The predicted octanol–water partition coefficient (Wildman–Crippen LogP) is 2.73. The Balaban J connectivity index is 3.05. The zero-order valence-electron chi connectivity index (χ0n) is 11.2. The standard InChI is InChI=1S/C13H15Cl2FN2O2/c1-3-4-18(7-12(19)17-2)13(20)8-5-11(16)10(15)6-9(8)14/h5-6H,3-4,7H2,1-2H3,(H,17,19). The number of carbonyl (C=O) groups excluding carboxylic acids is 2. The molecule has 0 bridgehead atoms. The average Bonchev–Trinajstić information content (AvgIpc) is 2.41. The highest BCUT2D eigenvalue weighted by Gasteiger charge is 2.21. The Bertz CT molecular complexity index is 523. The van der Waals surface area contributed by atoms with E-state index in [-0.39, 0.29) is 28.1 Å². The van der Waals surface area contributed by atoms with Crippen LogP contribution in [-0.4, -0.2) is 36.9 Å². The minimum atomic E-state index is -0.726. The molecule has 0 aliphatic heterocycles. The molecule has 0 radical (unpaired) electrons. The molecule has 2 amide bonds. The van der Waals surface area contributed by atoms with Crippen LogP contribution in [0.4, 0.5) is 4.39 Å². The number of rotatable bonds is 5. The topological polar surface area (TPSA) is 49.4 Å². The van der Waals surface area contributed by atoms with Gasteiger partial charge >= 0.3 is 0 Å². The van der Waals surface area contributed by atoms with Crippen LogP contribution in [0.2, 0.25) is 10.0 Å². The number of hydrogen-bond acceptors (Lipinski definition) is 2. The first kappa shape index (κ1) is 16.7. The molecule has 0 aromatic heterocycles. The number of benzene rings is 1. The van der Waals surface area contributed by atoms with Gasteiger partial charge in [0.1, 0.15) is 5.82 Å². The van der Waals surface area contributed by atoms with Crippen LogP contribution in [0.15, 0.2) is 12.1 Å². The molecule has 20 heavy (non-hydrogen) atoms. The number of halogens is 3. The molecule has 1 aromatic rings. The van der Waals surface area contributed by atoms with Gasteiger partial charge in [0.2, 0.25) is 5.91 Å². The molecular formula is C13H15Cl2FN2O2. The van der Waals surface area contributed by atoms with E-state index in [0.29, 0.717) is 13.0 Å². The lowest BCUT2D eigenvalue weighted by molar-refractivity contribution is -0.121. The summed E-state index contributed by atoms with van der Waals surface area (Å²) in [6.07, 6.45) is 0.663. The highest BCUT2D eigenvalue weighted by molar-refractivity contribution is 6.36. The summed E-state index contributed by atoms with van der Waals surface area (Å²) in [6, 6.07) is 2.16. The molecule has 0 aliphatic rings. The zero-order chi connectivity index (χ0) is 15.3. The SMILES string of the molecule is CCCN(CC(=O)NC)C(=O)c1cc(F)c(Cl)cc1Cl. The molecule has 0 aliphatic carbocycles. The van der Waals surface area contributed by atoms with E-state index in [1.165, 1.54) is 18.0 Å². The van der Waals surface area contributed by atoms with E-state index >= 15 is 0 Å². The summed E-state index contributed by atoms with van der Waals surface area (Å²) in [5.41, 5.74) is -0.00841. The Labute approximate surface area is 126 Å². The van der Waals surface area contributed by atoms with Crippen LogP contribution < -0.4 is 5.32 Å². The molecule has 0 fully saturated rings. The van der Waals surface area contributed by atoms with Crippen molar-refractivity contribution in [2.24, 2.45) is 0 Å². The molecule has 0 spiro atoms. The van der Waals surface area contributed by atoms with Crippen molar-refractivity contribution >= 4 is 35.0 Å². The van der Waals surface area contributed by atoms with Crippen molar-refractivity contribution in [2.75, 3.05) is 20.1 Å². The molecule has 1 rings (SSSR count). The molecule has 1 aromatic carbocycles. The van der Waals surface area contributed by atoms with Gasteiger partial charge in [0.15, 0.2) is 0 Å². The number of hydrogen-bond donors (Lipinski definition) is 1. The van der Waals surface area contributed by atoms with E-state index in [1.807, 2.05) is 6.92 Å². The third-order valence-electron chi connectivity index (χ3n) is 2.63. The van der Waals surface area contributed by atoms with Crippen molar-refractivity contribution in [3.05, 3.63) is 33.6 Å². The maximum atomic E-state index is 13.5. The molecule has 1 N–H and O–H groups in total. The molecule has 0 saturated heterocycles. The van der Waals surface area contributed by atoms with Crippen molar-refractivity contribution in [2.45, 2.75) is 13.3 Å². The fourth-order valence-electron chi connectivity index (χ4n) is 1.63. The van der Waals surface area contributed by atoms with Crippen molar-refractivity contribution in [1.29, 1.82) is 0 Å². The van der Waals surface area contributed by atoms with Gasteiger partial charge in [-0.05, 0) is 18.6 Å². The second-order valence-corrected chi connectivity index (χ2v) is 4.96. The van der Waals surface area contributed by atoms with Crippen molar-refractivity contribution in [3.8, 4) is 0 Å². The van der Waals surface area contributed by atoms with Crippen LogP contribution in [-0.2, 0) is 4.79 Å². The number of carbonyl (C=O) groups is 2. The largest absolute Gasteiger partial charge is 0.358 e. The predicted molar refractivity (Wildman–Crippen MR) is 76.7 cm³/mol. The maximum Gasteiger partial charge on any atom is 0.255 e. The minimum Gasteiger partial charge on any atom is -0.358 e. The van der Waals surface area contributed by atoms with Crippen LogP contribution in [0.25, 0.3) is 0 Å².